The van der Waals surface area contributed by atoms with E-state index in [2.05, 4.69) is 19.1 Å². The molecule has 2 rings (SSSR count). The Morgan fingerprint density at radius 2 is 1.79 bits per heavy atom. The van der Waals surface area contributed by atoms with Crippen molar-refractivity contribution in [1.29, 1.82) is 0 Å². The van der Waals surface area contributed by atoms with Crippen LogP contribution in [0, 0.1) is 0 Å². The number of halogens is 2. The molecule has 0 aliphatic carbocycles. The third kappa shape index (κ3) is 3.46. The van der Waals surface area contributed by atoms with Crippen LogP contribution in [0.15, 0.2) is 47.4 Å². The van der Waals surface area contributed by atoms with Gasteiger partial charge >= 0.3 is 0 Å². The Labute approximate surface area is 128 Å². The highest BCUT2D eigenvalue weighted by atomic mass is 35.5. The lowest BCUT2D eigenvalue weighted by atomic mass is 10.00. The lowest BCUT2D eigenvalue weighted by molar-refractivity contribution is 0.870. The van der Waals surface area contributed by atoms with Gasteiger partial charge in [-0.1, -0.05) is 54.4 Å². The lowest BCUT2D eigenvalue weighted by Crippen LogP contribution is -2.12. The van der Waals surface area contributed by atoms with Crippen LogP contribution in [0.3, 0.4) is 0 Å². The molecule has 4 heteroatoms. The molecule has 0 aliphatic rings. The minimum Gasteiger partial charge on any atom is -0.320 e. The van der Waals surface area contributed by atoms with Crippen LogP contribution in [-0.4, -0.2) is 5.75 Å². The molecule has 0 aromatic heterocycles. The highest BCUT2D eigenvalue weighted by Gasteiger charge is 2.14. The van der Waals surface area contributed by atoms with E-state index < -0.39 is 0 Å². The Morgan fingerprint density at radius 1 is 1.11 bits per heavy atom. The van der Waals surface area contributed by atoms with Crippen molar-refractivity contribution in [3.8, 4) is 0 Å². The molecule has 0 radical (unpaired) electrons. The first-order valence-electron chi connectivity index (χ1n) is 6.05. The molecule has 1 atom stereocenters. The van der Waals surface area contributed by atoms with Crippen molar-refractivity contribution in [1.82, 2.24) is 0 Å². The van der Waals surface area contributed by atoms with Gasteiger partial charge in [-0.15, -0.1) is 11.8 Å². The summed E-state index contributed by atoms with van der Waals surface area (Å²) in [4.78, 5) is 1.25. The van der Waals surface area contributed by atoms with Gasteiger partial charge in [0.05, 0.1) is 16.1 Å². The second-order valence-corrected chi connectivity index (χ2v) is 6.25. The van der Waals surface area contributed by atoms with Crippen molar-refractivity contribution < 1.29 is 0 Å². The summed E-state index contributed by atoms with van der Waals surface area (Å²) < 4.78 is 0. The molecule has 100 valence electrons. The lowest BCUT2D eigenvalue weighted by Gasteiger charge is -2.15. The molecular weight excluding hydrogens is 297 g/mol. The Balaban J connectivity index is 2.28. The van der Waals surface area contributed by atoms with Crippen molar-refractivity contribution in [3.63, 3.8) is 0 Å². The first-order chi connectivity index (χ1) is 9.13. The maximum atomic E-state index is 6.26. The molecular formula is C15H15Cl2NS. The number of rotatable bonds is 4. The van der Waals surface area contributed by atoms with E-state index in [9.17, 15) is 0 Å². The number of thioether (sulfide) groups is 1. The van der Waals surface area contributed by atoms with Crippen molar-refractivity contribution in [3.05, 3.63) is 63.6 Å². The summed E-state index contributed by atoms with van der Waals surface area (Å²) >= 11 is 14.0. The van der Waals surface area contributed by atoms with Crippen LogP contribution >= 0.6 is 35.0 Å². The Kier molecular flexibility index (Phi) is 5.17. The van der Waals surface area contributed by atoms with Gasteiger partial charge in [0.2, 0.25) is 0 Å². The van der Waals surface area contributed by atoms with Crippen molar-refractivity contribution in [2.75, 3.05) is 5.75 Å². The van der Waals surface area contributed by atoms with Crippen molar-refractivity contribution >= 4 is 35.0 Å². The van der Waals surface area contributed by atoms with Crippen LogP contribution in [0.4, 0.5) is 0 Å². The standard InChI is InChI=1S/C15H15Cl2NS/c1-2-19-11-8-6-10(7-9-11)15(18)12-4-3-5-13(16)14(12)17/h3-9,15H,2,18H2,1H3. The molecule has 0 saturated carbocycles. The zero-order valence-electron chi connectivity index (χ0n) is 10.6. The molecule has 0 amide bonds. The van der Waals surface area contributed by atoms with Crippen LogP contribution in [-0.2, 0) is 0 Å². The van der Waals surface area contributed by atoms with Crippen molar-refractivity contribution in [2.24, 2.45) is 5.73 Å². The number of nitrogens with two attached hydrogens (primary N) is 1. The van der Waals surface area contributed by atoms with Gasteiger partial charge in [-0.25, -0.2) is 0 Å². The summed E-state index contributed by atoms with van der Waals surface area (Å²) in [6, 6.07) is 13.5. The van der Waals surface area contributed by atoms with Gasteiger partial charge in [0.1, 0.15) is 0 Å². The van der Waals surface area contributed by atoms with Gasteiger partial charge in [-0.05, 0) is 35.1 Å². The van der Waals surface area contributed by atoms with E-state index in [1.165, 1.54) is 4.90 Å². The summed E-state index contributed by atoms with van der Waals surface area (Å²) in [5.74, 6) is 1.06. The van der Waals surface area contributed by atoms with Crippen LogP contribution in [0.25, 0.3) is 0 Å². The van der Waals surface area contributed by atoms with Gasteiger partial charge in [0.25, 0.3) is 0 Å². The number of benzene rings is 2. The fourth-order valence-electron chi connectivity index (χ4n) is 1.88. The summed E-state index contributed by atoms with van der Waals surface area (Å²) in [5, 5.41) is 1.07. The fourth-order valence-corrected chi connectivity index (χ4v) is 2.97. The summed E-state index contributed by atoms with van der Waals surface area (Å²) in [6.07, 6.45) is 0. The SMILES string of the molecule is CCSc1ccc(C(N)c2cccc(Cl)c2Cl)cc1. The van der Waals surface area contributed by atoms with Gasteiger partial charge in [0, 0.05) is 4.90 Å². The van der Waals surface area contributed by atoms with Crippen LogP contribution in [0.2, 0.25) is 10.0 Å². The average molecular weight is 312 g/mol. The molecule has 1 unspecified atom stereocenters. The molecule has 2 aromatic carbocycles. The second kappa shape index (κ2) is 6.67. The predicted octanol–water partition coefficient (Wildman–Crippen LogP) is 5.15. The minimum atomic E-state index is -0.258. The zero-order valence-corrected chi connectivity index (χ0v) is 12.9. The number of hydrogen-bond donors (Lipinski definition) is 1. The van der Waals surface area contributed by atoms with Gasteiger partial charge in [-0.2, -0.15) is 0 Å². The Morgan fingerprint density at radius 3 is 2.42 bits per heavy atom. The normalized spacial score (nSPS) is 12.4. The molecule has 0 bridgehead atoms. The summed E-state index contributed by atoms with van der Waals surface area (Å²) in [7, 11) is 0. The smallest absolute Gasteiger partial charge is 0.0643 e. The largest absolute Gasteiger partial charge is 0.320 e. The molecule has 0 aliphatic heterocycles. The Bertz CT molecular complexity index is 555. The van der Waals surface area contributed by atoms with Crippen LogP contribution in [0.1, 0.15) is 24.1 Å². The Hall–Kier alpha value is -0.670. The van der Waals surface area contributed by atoms with E-state index in [1.54, 1.807) is 6.07 Å². The van der Waals surface area contributed by atoms with Crippen LogP contribution in [0.5, 0.6) is 0 Å². The van der Waals surface area contributed by atoms with Crippen molar-refractivity contribution in [2.45, 2.75) is 17.9 Å². The maximum absolute atomic E-state index is 6.26. The molecule has 0 heterocycles. The van der Waals surface area contributed by atoms with Crippen LogP contribution < -0.4 is 5.73 Å². The predicted molar refractivity (Wildman–Crippen MR) is 85.3 cm³/mol. The third-order valence-corrected chi connectivity index (χ3v) is 4.59. The molecule has 19 heavy (non-hydrogen) atoms. The van der Waals surface area contributed by atoms with Gasteiger partial charge in [0.15, 0.2) is 0 Å². The average Bonchev–Trinajstić information content (AvgIpc) is 2.42. The fraction of sp³-hybridized carbons (Fsp3) is 0.200. The van der Waals surface area contributed by atoms with E-state index in [-0.39, 0.29) is 6.04 Å². The minimum absolute atomic E-state index is 0.258. The van der Waals surface area contributed by atoms with Gasteiger partial charge < -0.3 is 5.73 Å². The number of hydrogen-bond acceptors (Lipinski definition) is 2. The highest BCUT2D eigenvalue weighted by Crippen LogP contribution is 2.32. The monoisotopic (exact) mass is 311 g/mol. The van der Waals surface area contributed by atoms with E-state index >= 15 is 0 Å². The summed E-state index contributed by atoms with van der Waals surface area (Å²) in [6.45, 7) is 2.13. The topological polar surface area (TPSA) is 26.0 Å². The quantitative estimate of drug-likeness (QED) is 0.790. The zero-order chi connectivity index (χ0) is 13.8. The maximum Gasteiger partial charge on any atom is 0.0643 e. The summed E-state index contributed by atoms with van der Waals surface area (Å²) in [5.41, 5.74) is 8.14. The molecule has 2 aromatic rings. The first kappa shape index (κ1) is 14.7. The van der Waals surface area contributed by atoms with Gasteiger partial charge in [-0.3, -0.25) is 0 Å². The molecule has 0 spiro atoms. The highest BCUT2D eigenvalue weighted by molar-refractivity contribution is 7.99. The van der Waals surface area contributed by atoms with E-state index in [1.807, 2.05) is 36.0 Å². The van der Waals surface area contributed by atoms with E-state index in [4.69, 9.17) is 28.9 Å². The molecule has 2 N–H and O–H groups in total. The second-order valence-electron chi connectivity index (χ2n) is 4.12. The molecule has 1 nitrogen and oxygen atoms in total. The molecule has 0 saturated heterocycles. The third-order valence-electron chi connectivity index (χ3n) is 2.87. The first-order valence-corrected chi connectivity index (χ1v) is 7.80. The van der Waals surface area contributed by atoms with E-state index in [0.29, 0.717) is 10.0 Å². The molecule has 0 fully saturated rings. The van der Waals surface area contributed by atoms with E-state index in [0.717, 1.165) is 16.9 Å².